The minimum atomic E-state index is 0.134. The summed E-state index contributed by atoms with van der Waals surface area (Å²) in [6, 6.07) is 18.4. The summed E-state index contributed by atoms with van der Waals surface area (Å²) in [6.45, 7) is 6.12. The molecule has 0 spiro atoms. The van der Waals surface area contributed by atoms with Gasteiger partial charge in [0.2, 0.25) is 0 Å². The molecule has 0 saturated heterocycles. The summed E-state index contributed by atoms with van der Waals surface area (Å²) in [5, 5.41) is 0. The zero-order valence-electron chi connectivity index (χ0n) is 15.2. The van der Waals surface area contributed by atoms with Crippen molar-refractivity contribution >= 4 is 11.2 Å². The molecular weight excluding hydrogens is 322 g/mol. The Labute approximate surface area is 152 Å². The van der Waals surface area contributed by atoms with E-state index >= 15 is 0 Å². The number of pyridine rings is 1. The fourth-order valence-electron chi connectivity index (χ4n) is 3.07. The van der Waals surface area contributed by atoms with Crippen LogP contribution in [0.5, 0.6) is 5.75 Å². The van der Waals surface area contributed by atoms with Crippen molar-refractivity contribution in [1.82, 2.24) is 15.0 Å². The molecule has 130 valence electrons. The Hall–Kier alpha value is -3.14. The molecule has 1 N–H and O–H groups in total. The van der Waals surface area contributed by atoms with Crippen molar-refractivity contribution in [3.8, 4) is 28.3 Å². The highest BCUT2D eigenvalue weighted by Gasteiger charge is 2.13. The molecule has 0 unspecified atom stereocenters. The third-order valence-electron chi connectivity index (χ3n) is 4.35. The van der Waals surface area contributed by atoms with Gasteiger partial charge in [0.15, 0.2) is 5.65 Å². The lowest BCUT2D eigenvalue weighted by Crippen LogP contribution is -2.07. The van der Waals surface area contributed by atoms with Crippen LogP contribution in [-0.2, 0) is 0 Å². The Balaban J connectivity index is 1.77. The fourth-order valence-corrected chi connectivity index (χ4v) is 3.07. The third-order valence-corrected chi connectivity index (χ3v) is 4.35. The van der Waals surface area contributed by atoms with Gasteiger partial charge < -0.3 is 9.72 Å². The second-order valence-electron chi connectivity index (χ2n) is 6.64. The first-order chi connectivity index (χ1) is 12.6. The Morgan fingerprint density at radius 3 is 2.54 bits per heavy atom. The molecule has 0 radical (unpaired) electrons. The van der Waals surface area contributed by atoms with E-state index in [0.29, 0.717) is 5.65 Å². The first-order valence-corrected chi connectivity index (χ1v) is 8.79. The normalized spacial score (nSPS) is 11.2. The molecule has 0 amide bonds. The van der Waals surface area contributed by atoms with Gasteiger partial charge in [-0.2, -0.15) is 0 Å². The van der Waals surface area contributed by atoms with E-state index in [1.165, 1.54) is 0 Å². The molecule has 4 rings (SSSR count). The van der Waals surface area contributed by atoms with Crippen molar-refractivity contribution in [3.63, 3.8) is 0 Å². The lowest BCUT2D eigenvalue weighted by atomic mass is 10.1. The Morgan fingerprint density at radius 1 is 0.962 bits per heavy atom. The van der Waals surface area contributed by atoms with Gasteiger partial charge in [-0.15, -0.1) is 0 Å². The number of aromatic nitrogens is 3. The van der Waals surface area contributed by atoms with E-state index in [2.05, 4.69) is 46.1 Å². The van der Waals surface area contributed by atoms with E-state index in [0.717, 1.165) is 39.3 Å². The van der Waals surface area contributed by atoms with Gasteiger partial charge in [-0.3, -0.25) is 0 Å². The molecule has 0 saturated carbocycles. The first-order valence-electron chi connectivity index (χ1n) is 8.79. The van der Waals surface area contributed by atoms with Crippen molar-refractivity contribution < 1.29 is 4.74 Å². The number of benzene rings is 2. The molecule has 0 aliphatic heterocycles. The second kappa shape index (κ2) is 6.64. The molecule has 4 aromatic rings. The number of rotatable bonds is 4. The number of hydrogen-bond donors (Lipinski definition) is 1. The molecule has 0 fully saturated rings. The summed E-state index contributed by atoms with van der Waals surface area (Å²) < 4.78 is 5.90. The Kier molecular flexibility index (Phi) is 4.17. The van der Waals surface area contributed by atoms with Crippen LogP contribution < -0.4 is 4.74 Å². The van der Waals surface area contributed by atoms with E-state index in [-0.39, 0.29) is 6.10 Å². The SMILES string of the molecule is Cc1c(OC(C)C)cccc1-c1nc2ncc(-c3ccccc3)cc2[nH]1. The monoisotopic (exact) mass is 343 g/mol. The van der Waals surface area contributed by atoms with Crippen LogP contribution in [-0.4, -0.2) is 21.1 Å². The van der Waals surface area contributed by atoms with Crippen molar-refractivity contribution in [2.45, 2.75) is 26.9 Å². The van der Waals surface area contributed by atoms with Crippen LogP contribution in [0.3, 0.4) is 0 Å². The summed E-state index contributed by atoms with van der Waals surface area (Å²) in [5.74, 6) is 1.69. The summed E-state index contributed by atoms with van der Waals surface area (Å²) in [7, 11) is 0. The molecule has 4 nitrogen and oxygen atoms in total. The minimum Gasteiger partial charge on any atom is -0.491 e. The number of imidazole rings is 1. The molecule has 0 aliphatic carbocycles. The Bertz CT molecular complexity index is 1050. The minimum absolute atomic E-state index is 0.134. The molecule has 2 aromatic heterocycles. The largest absolute Gasteiger partial charge is 0.491 e. The number of H-pyrrole nitrogens is 1. The van der Waals surface area contributed by atoms with E-state index in [4.69, 9.17) is 4.74 Å². The highest BCUT2D eigenvalue weighted by atomic mass is 16.5. The molecule has 2 heterocycles. The fraction of sp³-hybridized carbons (Fsp3) is 0.182. The number of aromatic amines is 1. The van der Waals surface area contributed by atoms with Crippen LogP contribution in [0.15, 0.2) is 60.8 Å². The number of hydrogen-bond acceptors (Lipinski definition) is 3. The van der Waals surface area contributed by atoms with Gasteiger partial charge in [-0.1, -0.05) is 42.5 Å². The van der Waals surface area contributed by atoms with Crippen LogP contribution in [0.25, 0.3) is 33.7 Å². The zero-order chi connectivity index (χ0) is 18.1. The van der Waals surface area contributed by atoms with Gasteiger partial charge in [0.1, 0.15) is 11.6 Å². The van der Waals surface area contributed by atoms with Gasteiger partial charge in [0.25, 0.3) is 0 Å². The molecule has 0 atom stereocenters. The molecular formula is C22H21N3O. The van der Waals surface area contributed by atoms with Crippen molar-refractivity contribution in [2.75, 3.05) is 0 Å². The maximum Gasteiger partial charge on any atom is 0.178 e. The second-order valence-corrected chi connectivity index (χ2v) is 6.64. The molecule has 4 heteroatoms. The molecule has 2 aromatic carbocycles. The average molecular weight is 343 g/mol. The smallest absolute Gasteiger partial charge is 0.178 e. The first kappa shape index (κ1) is 16.3. The maximum absolute atomic E-state index is 5.90. The van der Waals surface area contributed by atoms with E-state index in [1.54, 1.807) is 0 Å². The van der Waals surface area contributed by atoms with Gasteiger partial charge in [0, 0.05) is 22.9 Å². The predicted molar refractivity (Wildman–Crippen MR) is 105 cm³/mol. The number of nitrogens with zero attached hydrogens (tertiary/aromatic N) is 2. The quantitative estimate of drug-likeness (QED) is 0.540. The molecule has 0 aliphatic rings. The van der Waals surface area contributed by atoms with Crippen LogP contribution in [0.4, 0.5) is 0 Å². The predicted octanol–water partition coefficient (Wildman–Crippen LogP) is 5.39. The Morgan fingerprint density at radius 2 is 1.77 bits per heavy atom. The van der Waals surface area contributed by atoms with Gasteiger partial charge in [-0.25, -0.2) is 9.97 Å². The van der Waals surface area contributed by atoms with E-state index in [9.17, 15) is 0 Å². The van der Waals surface area contributed by atoms with E-state index < -0.39 is 0 Å². The number of fused-ring (bicyclic) bond motifs is 1. The number of ether oxygens (including phenoxy) is 1. The zero-order valence-corrected chi connectivity index (χ0v) is 15.2. The lowest BCUT2D eigenvalue weighted by Gasteiger charge is -2.14. The summed E-state index contributed by atoms with van der Waals surface area (Å²) in [6.07, 6.45) is 2.00. The van der Waals surface area contributed by atoms with Crippen molar-refractivity contribution in [1.29, 1.82) is 0 Å². The van der Waals surface area contributed by atoms with Crippen LogP contribution in [0.1, 0.15) is 19.4 Å². The van der Waals surface area contributed by atoms with Crippen LogP contribution >= 0.6 is 0 Å². The van der Waals surface area contributed by atoms with Gasteiger partial charge in [-0.05, 0) is 38.5 Å². The van der Waals surface area contributed by atoms with Gasteiger partial charge in [0.05, 0.1) is 11.6 Å². The summed E-state index contributed by atoms with van der Waals surface area (Å²) in [5.41, 5.74) is 5.96. The van der Waals surface area contributed by atoms with Crippen LogP contribution in [0, 0.1) is 6.92 Å². The number of nitrogens with one attached hydrogen (secondary N) is 1. The highest BCUT2D eigenvalue weighted by molar-refractivity contribution is 5.81. The maximum atomic E-state index is 5.90. The molecule has 26 heavy (non-hydrogen) atoms. The topological polar surface area (TPSA) is 50.8 Å². The summed E-state index contributed by atoms with van der Waals surface area (Å²) >= 11 is 0. The highest BCUT2D eigenvalue weighted by Crippen LogP contribution is 2.30. The third kappa shape index (κ3) is 3.06. The van der Waals surface area contributed by atoms with E-state index in [1.807, 2.05) is 50.4 Å². The lowest BCUT2D eigenvalue weighted by molar-refractivity contribution is 0.241. The van der Waals surface area contributed by atoms with Crippen molar-refractivity contribution in [3.05, 3.63) is 66.4 Å². The summed E-state index contributed by atoms with van der Waals surface area (Å²) in [4.78, 5) is 12.6. The van der Waals surface area contributed by atoms with Crippen molar-refractivity contribution in [2.24, 2.45) is 0 Å². The van der Waals surface area contributed by atoms with Gasteiger partial charge >= 0.3 is 0 Å². The standard InChI is InChI=1S/C22H21N3O/c1-14(2)26-20-11-7-10-18(15(20)3)21-24-19-12-17(13-23-22(19)25-21)16-8-5-4-6-9-16/h4-14H,1-3H3,(H,23,24,25). The molecule has 0 bridgehead atoms. The average Bonchev–Trinajstić information content (AvgIpc) is 3.07. The van der Waals surface area contributed by atoms with Crippen LogP contribution in [0.2, 0.25) is 0 Å².